The highest BCUT2D eigenvalue weighted by Crippen LogP contribution is 2.35. The van der Waals surface area contributed by atoms with Crippen LogP contribution in [-0.4, -0.2) is 51.7 Å². The Hall–Kier alpha value is -2.86. The van der Waals surface area contributed by atoms with E-state index in [1.807, 2.05) is 0 Å². The molecule has 1 N–H and O–H groups in total. The van der Waals surface area contributed by atoms with Crippen molar-refractivity contribution in [1.82, 2.24) is 10.3 Å². The van der Waals surface area contributed by atoms with Crippen LogP contribution in [0.15, 0.2) is 41.4 Å². The van der Waals surface area contributed by atoms with E-state index in [0.717, 1.165) is 42.2 Å². The van der Waals surface area contributed by atoms with Crippen LogP contribution in [0.4, 0.5) is 18.9 Å². The third-order valence-electron chi connectivity index (χ3n) is 5.47. The molecule has 12 heteroatoms. The number of hydrogen-bond donors (Lipinski definition) is 1. The number of rotatable bonds is 5. The van der Waals surface area contributed by atoms with E-state index in [2.05, 4.69) is 10.3 Å². The van der Waals surface area contributed by atoms with Gasteiger partial charge in [0, 0.05) is 12.2 Å². The fourth-order valence-corrected chi connectivity index (χ4v) is 5.15. The first-order valence-corrected chi connectivity index (χ1v) is 11.8. The van der Waals surface area contributed by atoms with E-state index >= 15 is 0 Å². The number of esters is 1. The topological polar surface area (TPSA) is 97.8 Å². The second kappa shape index (κ2) is 9.18. The molecule has 0 spiro atoms. The molecule has 0 amide bonds. The fraction of sp³-hybridized carbons (Fsp3) is 0.429. The first-order chi connectivity index (χ1) is 15.7. The van der Waals surface area contributed by atoms with Crippen LogP contribution in [0.2, 0.25) is 0 Å². The van der Waals surface area contributed by atoms with E-state index in [9.17, 15) is 26.4 Å². The summed E-state index contributed by atoms with van der Waals surface area (Å²) < 4.78 is 76.6. The van der Waals surface area contributed by atoms with Crippen molar-refractivity contribution in [3.8, 4) is 5.88 Å². The van der Waals surface area contributed by atoms with Gasteiger partial charge < -0.3 is 14.8 Å². The number of nitrogens with one attached hydrogen (secondary N) is 1. The van der Waals surface area contributed by atoms with Gasteiger partial charge in [0.15, 0.2) is 0 Å². The fourth-order valence-electron chi connectivity index (χ4n) is 3.71. The largest absolute Gasteiger partial charge is 0.474 e. The third kappa shape index (κ3) is 5.06. The van der Waals surface area contributed by atoms with Crippen LogP contribution >= 0.6 is 0 Å². The molecule has 1 unspecified atom stereocenters. The van der Waals surface area contributed by atoms with Gasteiger partial charge in [-0.1, -0.05) is 6.42 Å². The molecule has 8 nitrogen and oxygen atoms in total. The zero-order chi connectivity index (χ0) is 23.6. The number of ether oxygens (including phenoxy) is 2. The van der Waals surface area contributed by atoms with E-state index in [0.29, 0.717) is 12.1 Å². The SMILES string of the molecule is O=C(OCC1CCCCN1)c1cnc2c(c1)N(S(=O)(=O)c1ccc(C(F)(F)F)cc1)CCO2. The average Bonchev–Trinajstić information content (AvgIpc) is 2.82. The summed E-state index contributed by atoms with van der Waals surface area (Å²) in [7, 11) is -4.23. The smallest absolute Gasteiger partial charge is 0.416 e. The highest BCUT2D eigenvalue weighted by atomic mass is 32.2. The number of sulfonamides is 1. The van der Waals surface area contributed by atoms with Gasteiger partial charge in [-0.2, -0.15) is 13.2 Å². The maximum absolute atomic E-state index is 13.2. The molecule has 0 radical (unpaired) electrons. The van der Waals surface area contributed by atoms with Gasteiger partial charge >= 0.3 is 12.1 Å². The molecule has 2 aliphatic rings. The number of fused-ring (bicyclic) bond motifs is 1. The quantitative estimate of drug-likeness (QED) is 0.651. The van der Waals surface area contributed by atoms with Crippen LogP contribution < -0.4 is 14.4 Å². The second-order valence-electron chi connectivity index (χ2n) is 7.74. The normalized spacial score (nSPS) is 18.9. The number of carbonyl (C=O) groups excluding carboxylic acids is 1. The van der Waals surface area contributed by atoms with Crippen molar-refractivity contribution in [2.24, 2.45) is 0 Å². The minimum Gasteiger partial charge on any atom is -0.474 e. The molecule has 33 heavy (non-hydrogen) atoms. The number of hydrogen-bond acceptors (Lipinski definition) is 7. The van der Waals surface area contributed by atoms with Gasteiger partial charge in [-0.05, 0) is 49.7 Å². The molecular weight excluding hydrogens is 463 g/mol. The van der Waals surface area contributed by atoms with Gasteiger partial charge in [0.2, 0.25) is 5.88 Å². The van der Waals surface area contributed by atoms with Crippen molar-refractivity contribution < 1.29 is 35.9 Å². The summed E-state index contributed by atoms with van der Waals surface area (Å²) in [4.78, 5) is 16.3. The van der Waals surface area contributed by atoms with E-state index < -0.39 is 27.7 Å². The Labute approximate surface area is 188 Å². The lowest BCUT2D eigenvalue weighted by molar-refractivity contribution is -0.137. The first-order valence-electron chi connectivity index (χ1n) is 10.4. The molecule has 1 fully saturated rings. The Morgan fingerprint density at radius 3 is 2.67 bits per heavy atom. The van der Waals surface area contributed by atoms with Gasteiger partial charge in [0.1, 0.15) is 18.9 Å². The molecule has 4 rings (SSSR count). The van der Waals surface area contributed by atoms with Gasteiger partial charge in [0.05, 0.1) is 22.6 Å². The molecule has 1 saturated heterocycles. The van der Waals surface area contributed by atoms with Crippen molar-refractivity contribution in [2.75, 3.05) is 30.6 Å². The standard InChI is InChI=1S/C21H22F3N3O5S/c22-21(23,24)15-4-6-17(7-5-15)33(29,30)27-9-10-31-19-18(27)11-14(12-26-19)20(28)32-13-16-3-1-2-8-25-16/h4-7,11-12,16,25H,1-3,8-10,13H2. The summed E-state index contributed by atoms with van der Waals surface area (Å²) >= 11 is 0. The minimum atomic E-state index is -4.58. The number of anilines is 1. The summed E-state index contributed by atoms with van der Waals surface area (Å²) in [5.41, 5.74) is -0.892. The van der Waals surface area contributed by atoms with Crippen molar-refractivity contribution in [1.29, 1.82) is 0 Å². The van der Waals surface area contributed by atoms with Crippen LogP contribution in [-0.2, 0) is 20.9 Å². The Morgan fingerprint density at radius 2 is 2.00 bits per heavy atom. The number of aromatic nitrogens is 1. The zero-order valence-electron chi connectivity index (χ0n) is 17.5. The van der Waals surface area contributed by atoms with Crippen LogP contribution in [0.5, 0.6) is 5.88 Å². The number of piperidine rings is 1. The van der Waals surface area contributed by atoms with E-state index in [4.69, 9.17) is 9.47 Å². The van der Waals surface area contributed by atoms with Gasteiger partial charge in [-0.15, -0.1) is 0 Å². The molecule has 0 bridgehead atoms. The van der Waals surface area contributed by atoms with E-state index in [1.165, 1.54) is 12.3 Å². The van der Waals surface area contributed by atoms with E-state index in [1.54, 1.807) is 0 Å². The maximum atomic E-state index is 13.2. The lowest BCUT2D eigenvalue weighted by Gasteiger charge is -2.30. The molecule has 2 aromatic rings. The Morgan fingerprint density at radius 1 is 1.24 bits per heavy atom. The number of alkyl halides is 3. The number of nitrogens with zero attached hydrogens (tertiary/aromatic N) is 2. The summed E-state index contributed by atoms with van der Waals surface area (Å²) in [5, 5.41) is 3.26. The van der Waals surface area contributed by atoms with Crippen LogP contribution in [0.25, 0.3) is 0 Å². The van der Waals surface area contributed by atoms with Gasteiger partial charge in [-0.3, -0.25) is 4.31 Å². The molecule has 1 atom stereocenters. The van der Waals surface area contributed by atoms with E-state index in [-0.39, 0.29) is 47.8 Å². The zero-order valence-corrected chi connectivity index (χ0v) is 18.3. The second-order valence-corrected chi connectivity index (χ2v) is 9.60. The molecule has 3 heterocycles. The van der Waals surface area contributed by atoms with Crippen LogP contribution in [0, 0.1) is 0 Å². The number of benzene rings is 1. The van der Waals surface area contributed by atoms with Crippen molar-refractivity contribution in [3.63, 3.8) is 0 Å². The molecule has 178 valence electrons. The van der Waals surface area contributed by atoms with Crippen LogP contribution in [0.3, 0.4) is 0 Å². The third-order valence-corrected chi connectivity index (χ3v) is 7.29. The highest BCUT2D eigenvalue weighted by molar-refractivity contribution is 7.92. The lowest BCUT2D eigenvalue weighted by atomic mass is 10.1. The minimum absolute atomic E-state index is 0.00207. The number of pyridine rings is 1. The van der Waals surface area contributed by atoms with Crippen molar-refractivity contribution >= 4 is 21.7 Å². The van der Waals surface area contributed by atoms with Crippen molar-refractivity contribution in [3.05, 3.63) is 47.7 Å². The molecule has 1 aromatic heterocycles. The Balaban J connectivity index is 1.56. The monoisotopic (exact) mass is 485 g/mol. The first kappa shape index (κ1) is 23.3. The Kier molecular flexibility index (Phi) is 6.48. The van der Waals surface area contributed by atoms with Gasteiger partial charge in [-0.25, -0.2) is 18.2 Å². The molecule has 2 aliphatic heterocycles. The molecule has 1 aromatic carbocycles. The van der Waals surface area contributed by atoms with Crippen LogP contribution in [0.1, 0.15) is 35.2 Å². The molecule has 0 aliphatic carbocycles. The summed E-state index contributed by atoms with van der Waals surface area (Å²) in [6.07, 6.45) is -0.335. The number of carbonyl (C=O) groups is 1. The summed E-state index contributed by atoms with van der Waals surface area (Å²) in [6.45, 7) is 0.941. The molecular formula is C21H22F3N3O5S. The molecule has 0 saturated carbocycles. The summed E-state index contributed by atoms with van der Waals surface area (Å²) in [5.74, 6) is -0.655. The van der Waals surface area contributed by atoms with Gasteiger partial charge in [0.25, 0.3) is 10.0 Å². The van der Waals surface area contributed by atoms with Crippen molar-refractivity contribution in [2.45, 2.75) is 36.4 Å². The number of halogens is 3. The lowest BCUT2D eigenvalue weighted by Crippen LogP contribution is -2.39. The highest BCUT2D eigenvalue weighted by Gasteiger charge is 2.34. The maximum Gasteiger partial charge on any atom is 0.416 e. The summed E-state index contributed by atoms with van der Waals surface area (Å²) in [6, 6.07) is 4.58. The Bertz CT molecular complexity index is 1120. The predicted octanol–water partition coefficient (Wildman–Crippen LogP) is 2.99. The predicted molar refractivity (Wildman–Crippen MR) is 112 cm³/mol. The average molecular weight is 485 g/mol.